The van der Waals surface area contributed by atoms with Crippen LogP contribution >= 0.6 is 0 Å². The molecule has 1 aliphatic carbocycles. The van der Waals surface area contributed by atoms with E-state index in [1.54, 1.807) is 18.2 Å². The van der Waals surface area contributed by atoms with Gasteiger partial charge >= 0.3 is 0 Å². The van der Waals surface area contributed by atoms with E-state index in [-0.39, 0.29) is 23.0 Å². The smallest absolute Gasteiger partial charge is 0.277 e. The fourth-order valence-electron chi connectivity index (χ4n) is 4.24. The minimum atomic E-state index is -1.34. The molecule has 1 fully saturated rings. The maximum atomic E-state index is 15.0. The third-order valence-corrected chi connectivity index (χ3v) is 5.85. The van der Waals surface area contributed by atoms with Gasteiger partial charge < -0.3 is 5.32 Å². The molecule has 2 amide bonds. The van der Waals surface area contributed by atoms with Crippen LogP contribution in [0.3, 0.4) is 0 Å². The average molecular weight is 450 g/mol. The minimum absolute atomic E-state index is 0.0272. The van der Waals surface area contributed by atoms with Gasteiger partial charge in [-0.25, -0.2) is 8.78 Å². The molecule has 0 bridgehead atoms. The highest BCUT2D eigenvalue weighted by Crippen LogP contribution is 2.32. The van der Waals surface area contributed by atoms with E-state index >= 15 is 0 Å². The molecule has 5 nitrogen and oxygen atoms in total. The number of hydrogen-bond donors (Lipinski definition) is 1. The number of benzene rings is 2. The highest BCUT2D eigenvalue weighted by molar-refractivity contribution is 6.09. The first-order valence-corrected chi connectivity index (χ1v) is 11.1. The molecular weight excluding hydrogens is 424 g/mol. The average Bonchev–Trinajstić information content (AvgIpc) is 2.84. The summed E-state index contributed by atoms with van der Waals surface area (Å²) in [5.74, 6) is -2.35. The highest BCUT2D eigenvalue weighted by Gasteiger charge is 2.36. The highest BCUT2D eigenvalue weighted by atomic mass is 19.1. The first-order chi connectivity index (χ1) is 16.0. The molecule has 1 aromatic heterocycles. The Kier molecular flexibility index (Phi) is 7.07. The van der Waals surface area contributed by atoms with Crippen LogP contribution in [-0.4, -0.2) is 22.8 Å². The van der Waals surface area contributed by atoms with Crippen molar-refractivity contribution in [3.63, 3.8) is 0 Å². The second kappa shape index (κ2) is 10.3. The zero-order valence-electron chi connectivity index (χ0n) is 18.1. The largest absolute Gasteiger partial charge is 0.351 e. The second-order valence-electron chi connectivity index (χ2n) is 8.14. The summed E-state index contributed by atoms with van der Waals surface area (Å²) in [6, 6.07) is 14.6. The van der Waals surface area contributed by atoms with E-state index in [2.05, 4.69) is 10.3 Å². The number of nitrogens with one attached hydrogen (secondary N) is 1. The summed E-state index contributed by atoms with van der Waals surface area (Å²) in [6.07, 6.45) is 6.20. The molecule has 170 valence electrons. The second-order valence-corrected chi connectivity index (χ2v) is 8.14. The van der Waals surface area contributed by atoms with Gasteiger partial charge in [-0.15, -0.1) is 0 Å². The third-order valence-electron chi connectivity index (χ3n) is 5.85. The lowest BCUT2D eigenvalue weighted by atomic mass is 9.94. The van der Waals surface area contributed by atoms with Crippen molar-refractivity contribution in [2.24, 2.45) is 0 Å². The Hall–Kier alpha value is -3.61. The van der Waals surface area contributed by atoms with Crippen LogP contribution < -0.4 is 10.2 Å². The van der Waals surface area contributed by atoms with E-state index < -0.39 is 29.5 Å². The lowest BCUT2D eigenvalue weighted by Crippen LogP contribution is -2.47. The quantitative estimate of drug-likeness (QED) is 0.563. The number of carbonyl (C=O) groups excluding carboxylic acids is 2. The maximum absolute atomic E-state index is 15.0. The summed E-state index contributed by atoms with van der Waals surface area (Å²) in [5.41, 5.74) is 0.227. The van der Waals surface area contributed by atoms with Crippen LogP contribution in [0.4, 0.5) is 14.5 Å². The SMILES string of the molecule is O=C(NC1CCCCC1)C(c1ccccc1F)N(C(=O)c1ccccn1)c1cccc(F)c1. The number of carbonyl (C=O) groups is 2. The molecule has 1 aliphatic rings. The van der Waals surface area contributed by atoms with Crippen LogP contribution in [0.25, 0.3) is 0 Å². The summed E-state index contributed by atoms with van der Waals surface area (Å²) in [4.78, 5) is 32.5. The van der Waals surface area contributed by atoms with Gasteiger partial charge in [0.2, 0.25) is 5.91 Å². The molecule has 0 radical (unpaired) electrons. The molecule has 7 heteroatoms. The number of rotatable bonds is 6. The van der Waals surface area contributed by atoms with Gasteiger partial charge in [0.25, 0.3) is 5.91 Å². The molecule has 1 saturated carbocycles. The number of hydrogen-bond acceptors (Lipinski definition) is 3. The number of anilines is 1. The lowest BCUT2D eigenvalue weighted by molar-refractivity contribution is -0.123. The molecule has 4 rings (SSSR count). The first kappa shape index (κ1) is 22.6. The topological polar surface area (TPSA) is 62.3 Å². The number of aromatic nitrogens is 1. The minimum Gasteiger partial charge on any atom is -0.351 e. The Morgan fingerprint density at radius 2 is 1.70 bits per heavy atom. The number of pyridine rings is 1. The fraction of sp³-hybridized carbons (Fsp3) is 0.269. The van der Waals surface area contributed by atoms with Crippen molar-refractivity contribution >= 4 is 17.5 Å². The van der Waals surface area contributed by atoms with Crippen LogP contribution in [-0.2, 0) is 4.79 Å². The molecular formula is C26H25F2N3O2. The Bertz CT molecular complexity index is 1120. The zero-order valence-corrected chi connectivity index (χ0v) is 18.1. The van der Waals surface area contributed by atoms with Crippen molar-refractivity contribution in [3.8, 4) is 0 Å². The lowest BCUT2D eigenvalue weighted by Gasteiger charge is -2.33. The van der Waals surface area contributed by atoms with Gasteiger partial charge in [-0.1, -0.05) is 49.6 Å². The number of amides is 2. The van der Waals surface area contributed by atoms with E-state index in [1.807, 2.05) is 0 Å². The standard InChI is InChI=1S/C26H25F2N3O2/c27-18-9-8-12-20(17-18)31(26(33)23-15-6-7-16-29-23)24(21-13-4-5-14-22(21)28)25(32)30-19-10-2-1-3-11-19/h4-9,12-17,19,24H,1-3,10-11H2,(H,30,32). The molecule has 33 heavy (non-hydrogen) atoms. The van der Waals surface area contributed by atoms with Crippen LogP contribution in [0.2, 0.25) is 0 Å². The summed E-state index contributed by atoms with van der Waals surface area (Å²) in [5, 5.41) is 3.00. The van der Waals surface area contributed by atoms with Gasteiger partial charge in [0.05, 0.1) is 0 Å². The molecule has 2 aromatic carbocycles. The monoisotopic (exact) mass is 449 g/mol. The zero-order chi connectivity index (χ0) is 23.2. The van der Waals surface area contributed by atoms with E-state index in [1.165, 1.54) is 48.7 Å². The Labute approximate surface area is 191 Å². The molecule has 3 aromatic rings. The van der Waals surface area contributed by atoms with Gasteiger partial charge in [-0.3, -0.25) is 19.5 Å². The van der Waals surface area contributed by atoms with Crippen molar-refractivity contribution < 1.29 is 18.4 Å². The molecule has 1 N–H and O–H groups in total. The van der Waals surface area contributed by atoms with Gasteiger partial charge in [0.1, 0.15) is 23.4 Å². The van der Waals surface area contributed by atoms with E-state index in [0.717, 1.165) is 43.1 Å². The van der Waals surface area contributed by atoms with Crippen molar-refractivity contribution in [2.75, 3.05) is 4.90 Å². The predicted molar refractivity (Wildman–Crippen MR) is 122 cm³/mol. The summed E-state index contributed by atoms with van der Waals surface area (Å²) < 4.78 is 29.2. The Balaban J connectivity index is 1.82. The normalized spacial score (nSPS) is 15.0. The molecule has 1 heterocycles. The summed E-state index contributed by atoms with van der Waals surface area (Å²) in [6.45, 7) is 0. The van der Waals surface area contributed by atoms with Gasteiger partial charge in [-0.2, -0.15) is 0 Å². The van der Waals surface area contributed by atoms with E-state index in [4.69, 9.17) is 0 Å². The van der Waals surface area contributed by atoms with Crippen molar-refractivity contribution in [1.82, 2.24) is 10.3 Å². The van der Waals surface area contributed by atoms with Crippen LogP contribution in [0.5, 0.6) is 0 Å². The third kappa shape index (κ3) is 5.25. The van der Waals surface area contributed by atoms with Gasteiger partial charge in [-0.05, 0) is 49.2 Å². The molecule has 1 atom stereocenters. The van der Waals surface area contributed by atoms with E-state index in [0.29, 0.717) is 0 Å². The molecule has 1 unspecified atom stereocenters. The number of nitrogens with zero attached hydrogens (tertiary/aromatic N) is 2. The van der Waals surface area contributed by atoms with Crippen LogP contribution in [0.1, 0.15) is 54.2 Å². The first-order valence-electron chi connectivity index (χ1n) is 11.1. The fourth-order valence-corrected chi connectivity index (χ4v) is 4.24. The van der Waals surface area contributed by atoms with Crippen molar-refractivity contribution in [1.29, 1.82) is 0 Å². The number of halogens is 2. The molecule has 0 aliphatic heterocycles. The van der Waals surface area contributed by atoms with Gasteiger partial charge in [0.15, 0.2) is 0 Å². The van der Waals surface area contributed by atoms with Crippen molar-refractivity contribution in [2.45, 2.75) is 44.2 Å². The van der Waals surface area contributed by atoms with Gasteiger partial charge in [0, 0.05) is 23.5 Å². The molecule has 0 spiro atoms. The summed E-state index contributed by atoms with van der Waals surface area (Å²) >= 11 is 0. The molecule has 0 saturated heterocycles. The predicted octanol–water partition coefficient (Wildman–Crippen LogP) is 5.20. The van der Waals surface area contributed by atoms with Crippen LogP contribution in [0, 0.1) is 11.6 Å². The maximum Gasteiger partial charge on any atom is 0.277 e. The Morgan fingerprint density at radius 3 is 2.39 bits per heavy atom. The Morgan fingerprint density at radius 1 is 0.939 bits per heavy atom. The van der Waals surface area contributed by atoms with Crippen LogP contribution in [0.15, 0.2) is 72.9 Å². The van der Waals surface area contributed by atoms with Crippen molar-refractivity contribution in [3.05, 3.63) is 95.8 Å². The summed E-state index contributed by atoms with van der Waals surface area (Å²) in [7, 11) is 0. The van der Waals surface area contributed by atoms with E-state index in [9.17, 15) is 18.4 Å².